The molecule has 0 unspecified atom stereocenters. The van der Waals surface area contributed by atoms with Gasteiger partial charge in [-0.1, -0.05) is 26.8 Å². The Hall–Kier alpha value is -1.44. The molecule has 0 saturated carbocycles. The highest BCUT2D eigenvalue weighted by molar-refractivity contribution is 5.91. The number of hydrogen-bond acceptors (Lipinski definition) is 2. The molecule has 0 aliphatic carbocycles. The second-order valence-electron chi connectivity index (χ2n) is 4.62. The highest BCUT2D eigenvalue weighted by Gasteiger charge is 2.19. The topological polar surface area (TPSA) is 39.2 Å². The Balaban J connectivity index is 2.80. The lowest BCUT2D eigenvalue weighted by Gasteiger charge is -2.19. The van der Waals surface area contributed by atoms with Crippen molar-refractivity contribution in [2.45, 2.75) is 26.2 Å². The van der Waals surface area contributed by atoms with Crippen molar-refractivity contribution in [3.05, 3.63) is 30.0 Å². The van der Waals surface area contributed by atoms with Gasteiger partial charge in [0.15, 0.2) is 0 Å². The number of furan rings is 1. The molecule has 0 saturated heterocycles. The summed E-state index contributed by atoms with van der Waals surface area (Å²) in [4.78, 5) is 0. The van der Waals surface area contributed by atoms with Crippen LogP contribution in [0.4, 0.5) is 5.69 Å². The van der Waals surface area contributed by atoms with Crippen LogP contribution in [0.15, 0.2) is 28.9 Å². The van der Waals surface area contributed by atoms with Crippen molar-refractivity contribution in [3.8, 4) is 0 Å². The largest absolute Gasteiger partial charge is 0.464 e. The molecule has 0 aliphatic rings. The summed E-state index contributed by atoms with van der Waals surface area (Å²) in [6.07, 6.45) is 1.69. The number of anilines is 1. The van der Waals surface area contributed by atoms with E-state index in [-0.39, 0.29) is 5.41 Å². The van der Waals surface area contributed by atoms with E-state index in [1.807, 2.05) is 18.2 Å². The maximum Gasteiger partial charge on any atom is 0.139 e. The van der Waals surface area contributed by atoms with Crippen LogP contribution in [0.5, 0.6) is 0 Å². The van der Waals surface area contributed by atoms with E-state index in [9.17, 15) is 0 Å². The maximum atomic E-state index is 5.85. The van der Waals surface area contributed by atoms with Gasteiger partial charge in [0.05, 0.1) is 6.26 Å². The van der Waals surface area contributed by atoms with Crippen LogP contribution in [0.3, 0.4) is 0 Å². The minimum absolute atomic E-state index is 0.0871. The van der Waals surface area contributed by atoms with Gasteiger partial charge in [0.2, 0.25) is 0 Å². The maximum absolute atomic E-state index is 5.85. The van der Waals surface area contributed by atoms with Crippen molar-refractivity contribution in [2.75, 3.05) is 5.73 Å². The van der Waals surface area contributed by atoms with Gasteiger partial charge in [-0.2, -0.15) is 0 Å². The van der Waals surface area contributed by atoms with E-state index in [0.717, 1.165) is 16.7 Å². The predicted molar refractivity (Wildman–Crippen MR) is 59.3 cm³/mol. The van der Waals surface area contributed by atoms with Gasteiger partial charge in [0, 0.05) is 16.6 Å². The zero-order valence-electron chi connectivity index (χ0n) is 8.79. The van der Waals surface area contributed by atoms with Gasteiger partial charge in [-0.3, -0.25) is 0 Å². The van der Waals surface area contributed by atoms with Crippen molar-refractivity contribution in [3.63, 3.8) is 0 Å². The fourth-order valence-corrected chi connectivity index (χ4v) is 1.67. The third-order valence-electron chi connectivity index (χ3n) is 2.46. The van der Waals surface area contributed by atoms with E-state index in [1.54, 1.807) is 6.26 Å². The molecule has 2 nitrogen and oxygen atoms in total. The Morgan fingerprint density at radius 2 is 1.86 bits per heavy atom. The van der Waals surface area contributed by atoms with Gasteiger partial charge < -0.3 is 10.2 Å². The van der Waals surface area contributed by atoms with E-state index in [2.05, 4.69) is 20.8 Å². The summed E-state index contributed by atoms with van der Waals surface area (Å²) in [6.45, 7) is 6.50. The molecule has 0 amide bonds. The molecule has 0 atom stereocenters. The first-order valence-electron chi connectivity index (χ1n) is 4.76. The number of nitrogens with two attached hydrogens (primary N) is 1. The number of hydrogen-bond donors (Lipinski definition) is 1. The number of fused-ring (bicyclic) bond motifs is 1. The first kappa shape index (κ1) is 9.13. The molecular weight excluding hydrogens is 174 g/mol. The molecule has 2 aromatic rings. The lowest BCUT2D eigenvalue weighted by molar-refractivity contribution is 0.559. The molecule has 74 valence electrons. The summed E-state index contributed by atoms with van der Waals surface area (Å²) in [6, 6.07) is 5.90. The third kappa shape index (κ3) is 1.27. The van der Waals surface area contributed by atoms with Crippen molar-refractivity contribution >= 4 is 16.7 Å². The van der Waals surface area contributed by atoms with Crippen LogP contribution in [0.2, 0.25) is 0 Å². The van der Waals surface area contributed by atoms with Gasteiger partial charge in [-0.25, -0.2) is 0 Å². The highest BCUT2D eigenvalue weighted by Crippen LogP contribution is 2.33. The zero-order chi connectivity index (χ0) is 10.3. The normalized spacial score (nSPS) is 12.2. The zero-order valence-corrected chi connectivity index (χ0v) is 8.79. The summed E-state index contributed by atoms with van der Waals surface area (Å²) in [5.41, 5.74) is 8.83. The molecule has 1 aromatic heterocycles. The third-order valence-corrected chi connectivity index (χ3v) is 2.46. The first-order valence-corrected chi connectivity index (χ1v) is 4.76. The second kappa shape index (κ2) is 2.77. The molecule has 0 aliphatic heterocycles. The van der Waals surface area contributed by atoms with Gasteiger partial charge in [0.25, 0.3) is 0 Å². The molecule has 0 radical (unpaired) electrons. The lowest BCUT2D eigenvalue weighted by atomic mass is 9.86. The summed E-state index contributed by atoms with van der Waals surface area (Å²) in [7, 11) is 0. The van der Waals surface area contributed by atoms with Crippen LogP contribution in [0.1, 0.15) is 26.3 Å². The molecule has 2 heteroatoms. The highest BCUT2D eigenvalue weighted by atomic mass is 16.3. The van der Waals surface area contributed by atoms with Gasteiger partial charge in [-0.15, -0.1) is 0 Å². The molecule has 0 fully saturated rings. The Bertz CT molecular complexity index is 463. The van der Waals surface area contributed by atoms with Gasteiger partial charge in [0.1, 0.15) is 5.58 Å². The van der Waals surface area contributed by atoms with E-state index >= 15 is 0 Å². The monoisotopic (exact) mass is 189 g/mol. The van der Waals surface area contributed by atoms with Crippen LogP contribution in [0.25, 0.3) is 11.0 Å². The van der Waals surface area contributed by atoms with E-state index in [0.29, 0.717) is 0 Å². The minimum atomic E-state index is 0.0871. The molecule has 1 heterocycles. The SMILES string of the molecule is CC(C)(C)c1ccc(N)c2ccoc12. The smallest absolute Gasteiger partial charge is 0.139 e. The Kier molecular flexibility index (Phi) is 1.81. The summed E-state index contributed by atoms with van der Waals surface area (Å²) in [5.74, 6) is 0. The van der Waals surface area contributed by atoms with E-state index < -0.39 is 0 Å². The standard InChI is InChI=1S/C12H15NO/c1-12(2,3)9-4-5-10(13)8-6-7-14-11(8)9/h4-7H,13H2,1-3H3. The Labute approximate surface area is 83.7 Å². The quantitative estimate of drug-likeness (QED) is 0.646. The fraction of sp³-hybridized carbons (Fsp3) is 0.333. The summed E-state index contributed by atoms with van der Waals surface area (Å²) < 4.78 is 5.48. The Morgan fingerprint density at radius 1 is 1.14 bits per heavy atom. The van der Waals surface area contributed by atoms with E-state index in [4.69, 9.17) is 10.2 Å². The first-order chi connectivity index (χ1) is 6.50. The lowest BCUT2D eigenvalue weighted by Crippen LogP contribution is -2.11. The average molecular weight is 189 g/mol. The van der Waals surface area contributed by atoms with E-state index in [1.165, 1.54) is 5.56 Å². The van der Waals surface area contributed by atoms with Crippen LogP contribution in [0, 0.1) is 0 Å². The average Bonchev–Trinajstić information content (AvgIpc) is 2.50. The molecule has 2 N–H and O–H groups in total. The molecule has 0 bridgehead atoms. The molecular formula is C12H15NO. The van der Waals surface area contributed by atoms with Gasteiger partial charge in [-0.05, 0) is 17.5 Å². The summed E-state index contributed by atoms with van der Waals surface area (Å²) >= 11 is 0. The molecule has 1 aromatic carbocycles. The van der Waals surface area contributed by atoms with Crippen molar-refractivity contribution in [2.24, 2.45) is 0 Å². The summed E-state index contributed by atoms with van der Waals surface area (Å²) in [5, 5.41) is 1.01. The second-order valence-corrected chi connectivity index (χ2v) is 4.62. The molecule has 2 rings (SSSR count). The van der Waals surface area contributed by atoms with Crippen LogP contribution in [-0.4, -0.2) is 0 Å². The van der Waals surface area contributed by atoms with Crippen molar-refractivity contribution in [1.82, 2.24) is 0 Å². The van der Waals surface area contributed by atoms with Crippen LogP contribution < -0.4 is 5.73 Å². The Morgan fingerprint density at radius 3 is 2.50 bits per heavy atom. The molecule has 0 spiro atoms. The van der Waals surface area contributed by atoms with Crippen LogP contribution >= 0.6 is 0 Å². The fourth-order valence-electron chi connectivity index (χ4n) is 1.67. The molecule has 14 heavy (non-hydrogen) atoms. The van der Waals surface area contributed by atoms with Gasteiger partial charge >= 0.3 is 0 Å². The minimum Gasteiger partial charge on any atom is -0.464 e. The number of rotatable bonds is 0. The van der Waals surface area contributed by atoms with Crippen molar-refractivity contribution < 1.29 is 4.42 Å². The number of benzene rings is 1. The van der Waals surface area contributed by atoms with Crippen molar-refractivity contribution in [1.29, 1.82) is 0 Å². The predicted octanol–water partition coefficient (Wildman–Crippen LogP) is 3.31. The number of nitrogen functional groups attached to an aromatic ring is 1. The van der Waals surface area contributed by atoms with Crippen LogP contribution in [-0.2, 0) is 5.41 Å².